The first kappa shape index (κ1) is 9.46. The van der Waals surface area contributed by atoms with Gasteiger partial charge in [0.15, 0.2) is 5.78 Å². The van der Waals surface area contributed by atoms with Crippen molar-refractivity contribution in [2.75, 3.05) is 0 Å². The summed E-state index contributed by atoms with van der Waals surface area (Å²) in [6.45, 7) is 5.94. The molecule has 0 aliphatic rings. The number of thiophene rings is 1. The summed E-state index contributed by atoms with van der Waals surface area (Å²) in [5.41, 5.74) is 1.22. The van der Waals surface area contributed by atoms with Crippen LogP contribution in [0, 0.1) is 0 Å². The molecule has 0 amide bonds. The largest absolute Gasteiger partial charge is 0.294 e. The summed E-state index contributed by atoms with van der Waals surface area (Å²) in [4.78, 5) is 12.1. The maximum atomic E-state index is 11.2. The molecule has 1 aromatic rings. The molecule has 0 saturated carbocycles. The van der Waals surface area contributed by atoms with E-state index in [1.54, 1.807) is 18.3 Å². The quantitative estimate of drug-likeness (QED) is 0.654. The topological polar surface area (TPSA) is 17.1 Å². The van der Waals surface area contributed by atoms with Crippen molar-refractivity contribution in [3.05, 3.63) is 21.9 Å². The molecular formula is C10H14OS. The van der Waals surface area contributed by atoms with Gasteiger partial charge in [-0.3, -0.25) is 4.79 Å². The molecule has 0 aliphatic carbocycles. The molecule has 0 aromatic carbocycles. The van der Waals surface area contributed by atoms with Gasteiger partial charge in [-0.15, -0.1) is 11.3 Å². The minimum Gasteiger partial charge on any atom is -0.294 e. The highest BCUT2D eigenvalue weighted by atomic mass is 32.1. The lowest BCUT2D eigenvalue weighted by Crippen LogP contribution is -1.97. The second-order valence-electron chi connectivity index (χ2n) is 3.07. The Balaban J connectivity index is 2.98. The predicted molar refractivity (Wildman–Crippen MR) is 53.0 cm³/mol. The number of hydrogen-bond acceptors (Lipinski definition) is 2. The third-order valence-corrected chi connectivity index (χ3v) is 3.19. The highest BCUT2D eigenvalue weighted by Gasteiger charge is 2.12. The van der Waals surface area contributed by atoms with Crippen LogP contribution in [-0.2, 0) is 0 Å². The summed E-state index contributed by atoms with van der Waals surface area (Å²) >= 11 is 1.55. The van der Waals surface area contributed by atoms with Crippen molar-refractivity contribution in [1.29, 1.82) is 0 Å². The first-order valence-electron chi connectivity index (χ1n) is 4.25. The van der Waals surface area contributed by atoms with Crippen LogP contribution in [0.15, 0.2) is 11.4 Å². The standard InChI is InChI=1S/C10H14OS/c1-4-7(2)9-5-6-12-10(9)8(3)11/h5-7H,4H2,1-3H3. The molecule has 1 nitrogen and oxygen atoms in total. The van der Waals surface area contributed by atoms with E-state index in [1.807, 2.05) is 5.38 Å². The van der Waals surface area contributed by atoms with Crippen molar-refractivity contribution in [3.63, 3.8) is 0 Å². The number of carbonyl (C=O) groups excluding carboxylic acids is 1. The molecule has 1 aromatic heterocycles. The molecule has 1 rings (SSSR count). The van der Waals surface area contributed by atoms with Gasteiger partial charge in [0.1, 0.15) is 0 Å². The van der Waals surface area contributed by atoms with Gasteiger partial charge in [-0.05, 0) is 36.3 Å². The average molecular weight is 182 g/mol. The van der Waals surface area contributed by atoms with Gasteiger partial charge in [-0.2, -0.15) is 0 Å². The predicted octanol–water partition coefficient (Wildman–Crippen LogP) is 3.46. The normalized spacial score (nSPS) is 12.9. The smallest absolute Gasteiger partial charge is 0.169 e. The molecule has 66 valence electrons. The lowest BCUT2D eigenvalue weighted by atomic mass is 9.98. The molecule has 0 aliphatic heterocycles. The Morgan fingerprint density at radius 2 is 2.33 bits per heavy atom. The summed E-state index contributed by atoms with van der Waals surface area (Å²) in [6.07, 6.45) is 1.09. The van der Waals surface area contributed by atoms with E-state index in [2.05, 4.69) is 19.9 Å². The fraction of sp³-hybridized carbons (Fsp3) is 0.500. The Kier molecular flexibility index (Phi) is 3.04. The van der Waals surface area contributed by atoms with Gasteiger partial charge in [-0.25, -0.2) is 0 Å². The van der Waals surface area contributed by atoms with E-state index < -0.39 is 0 Å². The maximum absolute atomic E-state index is 11.2. The van der Waals surface area contributed by atoms with Gasteiger partial charge in [0.25, 0.3) is 0 Å². The lowest BCUT2D eigenvalue weighted by molar-refractivity contribution is 0.102. The molecule has 1 atom stereocenters. The van der Waals surface area contributed by atoms with Gasteiger partial charge < -0.3 is 0 Å². The zero-order chi connectivity index (χ0) is 9.14. The van der Waals surface area contributed by atoms with E-state index in [0.29, 0.717) is 5.92 Å². The molecule has 0 spiro atoms. The van der Waals surface area contributed by atoms with Crippen molar-refractivity contribution in [2.24, 2.45) is 0 Å². The highest BCUT2D eigenvalue weighted by Crippen LogP contribution is 2.27. The number of hydrogen-bond donors (Lipinski definition) is 0. The van der Waals surface area contributed by atoms with Crippen LogP contribution < -0.4 is 0 Å². The number of carbonyl (C=O) groups is 1. The van der Waals surface area contributed by atoms with E-state index in [1.165, 1.54) is 5.56 Å². The Morgan fingerprint density at radius 1 is 1.67 bits per heavy atom. The van der Waals surface area contributed by atoms with E-state index in [4.69, 9.17) is 0 Å². The van der Waals surface area contributed by atoms with Crippen LogP contribution in [-0.4, -0.2) is 5.78 Å². The van der Waals surface area contributed by atoms with E-state index >= 15 is 0 Å². The fourth-order valence-electron chi connectivity index (χ4n) is 1.21. The third-order valence-electron chi connectivity index (χ3n) is 2.16. The van der Waals surface area contributed by atoms with Gasteiger partial charge >= 0.3 is 0 Å². The first-order valence-corrected chi connectivity index (χ1v) is 5.13. The van der Waals surface area contributed by atoms with Gasteiger partial charge in [-0.1, -0.05) is 13.8 Å². The second kappa shape index (κ2) is 3.85. The average Bonchev–Trinajstić information content (AvgIpc) is 2.50. The monoisotopic (exact) mass is 182 g/mol. The minimum absolute atomic E-state index is 0.195. The summed E-state index contributed by atoms with van der Waals surface area (Å²) in [5, 5.41) is 2.00. The maximum Gasteiger partial charge on any atom is 0.169 e. The minimum atomic E-state index is 0.195. The Labute approximate surface area is 77.4 Å². The highest BCUT2D eigenvalue weighted by molar-refractivity contribution is 7.12. The molecule has 0 saturated heterocycles. The molecule has 0 N–H and O–H groups in total. The van der Waals surface area contributed by atoms with Crippen LogP contribution in [0.1, 0.15) is 48.3 Å². The molecule has 12 heavy (non-hydrogen) atoms. The van der Waals surface area contributed by atoms with Gasteiger partial charge in [0, 0.05) is 0 Å². The molecule has 0 fully saturated rings. The zero-order valence-electron chi connectivity index (χ0n) is 7.76. The first-order chi connectivity index (χ1) is 5.66. The van der Waals surface area contributed by atoms with E-state index in [-0.39, 0.29) is 5.78 Å². The molecule has 1 unspecified atom stereocenters. The number of rotatable bonds is 3. The van der Waals surface area contributed by atoms with Crippen molar-refractivity contribution in [1.82, 2.24) is 0 Å². The van der Waals surface area contributed by atoms with E-state index in [0.717, 1.165) is 11.3 Å². The SMILES string of the molecule is CCC(C)c1ccsc1C(C)=O. The Morgan fingerprint density at radius 3 is 2.83 bits per heavy atom. The number of ketones is 1. The van der Waals surface area contributed by atoms with Crippen LogP contribution in [0.3, 0.4) is 0 Å². The molecule has 0 bridgehead atoms. The summed E-state index contributed by atoms with van der Waals surface area (Å²) < 4.78 is 0. The molecule has 0 radical (unpaired) electrons. The van der Waals surface area contributed by atoms with Crippen molar-refractivity contribution in [2.45, 2.75) is 33.1 Å². The summed E-state index contributed by atoms with van der Waals surface area (Å²) in [7, 11) is 0. The lowest BCUT2D eigenvalue weighted by Gasteiger charge is -2.07. The van der Waals surface area contributed by atoms with Crippen LogP contribution in [0.5, 0.6) is 0 Å². The van der Waals surface area contributed by atoms with Crippen LogP contribution in [0.25, 0.3) is 0 Å². The van der Waals surface area contributed by atoms with Crippen molar-refractivity contribution >= 4 is 17.1 Å². The van der Waals surface area contributed by atoms with Crippen LogP contribution in [0.2, 0.25) is 0 Å². The summed E-state index contributed by atoms with van der Waals surface area (Å²) in [6, 6.07) is 2.07. The van der Waals surface area contributed by atoms with Gasteiger partial charge in [0.05, 0.1) is 4.88 Å². The molecule has 1 heterocycles. The fourth-order valence-corrected chi connectivity index (χ4v) is 2.14. The van der Waals surface area contributed by atoms with Crippen LogP contribution in [0.4, 0.5) is 0 Å². The van der Waals surface area contributed by atoms with Crippen molar-refractivity contribution in [3.8, 4) is 0 Å². The van der Waals surface area contributed by atoms with E-state index in [9.17, 15) is 4.79 Å². The second-order valence-corrected chi connectivity index (χ2v) is 3.99. The van der Waals surface area contributed by atoms with Crippen molar-refractivity contribution < 1.29 is 4.79 Å². The molecule has 2 heteroatoms. The summed E-state index contributed by atoms with van der Waals surface area (Å²) in [5.74, 6) is 0.704. The van der Waals surface area contributed by atoms with Gasteiger partial charge in [0.2, 0.25) is 0 Å². The number of Topliss-reactive ketones (excluding diaryl/α,β-unsaturated/α-hetero) is 1. The third kappa shape index (κ3) is 1.75. The zero-order valence-corrected chi connectivity index (χ0v) is 8.57. The molecular weight excluding hydrogens is 168 g/mol. The van der Waals surface area contributed by atoms with Crippen LogP contribution >= 0.6 is 11.3 Å². The Bertz CT molecular complexity index is 275. The Hall–Kier alpha value is -0.630.